The molecule has 0 radical (unpaired) electrons. The second-order valence-electron chi connectivity index (χ2n) is 7.52. The minimum atomic E-state index is -3.99. The standard InChI is InChI=1S/C23H18FN5O2S/c1-14-10-11-15(2)20(12-14)32(30,31)23-22-26-21(25-17-7-5-6-16(24)13-17)18-8-3-4-9-19(18)29(22)28-27-23/h3-13H,1-2H3,(H,25,26). The highest BCUT2D eigenvalue weighted by atomic mass is 32.2. The van der Waals surface area contributed by atoms with Gasteiger partial charge in [0.25, 0.3) is 0 Å². The number of benzene rings is 3. The summed E-state index contributed by atoms with van der Waals surface area (Å²) in [7, 11) is -3.99. The van der Waals surface area contributed by atoms with Crippen LogP contribution in [0.25, 0.3) is 16.6 Å². The molecule has 3 aromatic carbocycles. The molecule has 1 N–H and O–H groups in total. The quantitative estimate of drug-likeness (QED) is 0.433. The first-order chi connectivity index (χ1) is 15.3. The molecule has 32 heavy (non-hydrogen) atoms. The van der Waals surface area contributed by atoms with Crippen LogP contribution >= 0.6 is 0 Å². The highest BCUT2D eigenvalue weighted by Crippen LogP contribution is 2.30. The molecule has 0 saturated carbocycles. The molecule has 2 aromatic heterocycles. The number of rotatable bonds is 4. The number of para-hydroxylation sites is 1. The van der Waals surface area contributed by atoms with E-state index in [1.807, 2.05) is 31.2 Å². The van der Waals surface area contributed by atoms with Crippen molar-refractivity contribution in [3.05, 3.63) is 83.7 Å². The van der Waals surface area contributed by atoms with Gasteiger partial charge in [0.2, 0.25) is 14.9 Å². The van der Waals surface area contributed by atoms with E-state index < -0.39 is 15.7 Å². The van der Waals surface area contributed by atoms with Crippen LogP contribution in [0.2, 0.25) is 0 Å². The van der Waals surface area contributed by atoms with Crippen LogP contribution in [0.5, 0.6) is 0 Å². The van der Waals surface area contributed by atoms with Crippen LogP contribution < -0.4 is 5.32 Å². The van der Waals surface area contributed by atoms with Crippen LogP contribution in [0.1, 0.15) is 11.1 Å². The molecule has 0 spiro atoms. The van der Waals surface area contributed by atoms with Gasteiger partial charge in [0.05, 0.1) is 10.4 Å². The molecule has 9 heteroatoms. The predicted octanol–water partition coefficient (Wildman–Crippen LogP) is 4.61. The van der Waals surface area contributed by atoms with Crippen molar-refractivity contribution in [1.82, 2.24) is 19.8 Å². The van der Waals surface area contributed by atoms with Gasteiger partial charge in [0, 0.05) is 11.1 Å². The second-order valence-corrected chi connectivity index (χ2v) is 9.35. The van der Waals surface area contributed by atoms with Gasteiger partial charge in [-0.3, -0.25) is 0 Å². The zero-order valence-corrected chi connectivity index (χ0v) is 18.1. The largest absolute Gasteiger partial charge is 0.340 e. The van der Waals surface area contributed by atoms with Crippen LogP contribution in [-0.4, -0.2) is 28.2 Å². The Bertz CT molecular complexity index is 1610. The number of anilines is 2. The number of hydrogen-bond acceptors (Lipinski definition) is 6. The molecule has 0 atom stereocenters. The van der Waals surface area contributed by atoms with E-state index in [9.17, 15) is 12.8 Å². The molecule has 0 saturated heterocycles. The Labute approximate surface area is 183 Å². The zero-order valence-electron chi connectivity index (χ0n) is 17.2. The molecule has 0 aliphatic carbocycles. The average Bonchev–Trinajstić information content (AvgIpc) is 3.20. The summed E-state index contributed by atoms with van der Waals surface area (Å²) in [5, 5.41) is 11.6. The van der Waals surface area contributed by atoms with Gasteiger partial charge in [-0.25, -0.2) is 17.8 Å². The molecule has 7 nitrogen and oxygen atoms in total. The van der Waals surface area contributed by atoms with Crippen LogP contribution in [-0.2, 0) is 9.84 Å². The number of halogens is 1. The molecule has 0 aliphatic heterocycles. The number of fused-ring (bicyclic) bond motifs is 3. The first-order valence-corrected chi connectivity index (χ1v) is 11.3. The van der Waals surface area contributed by atoms with Gasteiger partial charge in [0.15, 0.2) is 5.65 Å². The van der Waals surface area contributed by atoms with E-state index in [1.54, 1.807) is 37.3 Å². The van der Waals surface area contributed by atoms with Gasteiger partial charge < -0.3 is 5.32 Å². The molecule has 0 aliphatic rings. The predicted molar refractivity (Wildman–Crippen MR) is 119 cm³/mol. The van der Waals surface area contributed by atoms with Gasteiger partial charge in [-0.2, -0.15) is 4.52 Å². The van der Waals surface area contributed by atoms with Crippen LogP contribution in [0.3, 0.4) is 0 Å². The molecular formula is C23H18FN5O2S. The van der Waals surface area contributed by atoms with Crippen molar-refractivity contribution < 1.29 is 12.8 Å². The van der Waals surface area contributed by atoms with Crippen LogP contribution in [0.4, 0.5) is 15.9 Å². The number of aromatic nitrogens is 4. The Morgan fingerprint density at radius 2 is 1.78 bits per heavy atom. The average molecular weight is 447 g/mol. The van der Waals surface area contributed by atoms with Gasteiger partial charge >= 0.3 is 0 Å². The van der Waals surface area contributed by atoms with Gasteiger partial charge in [-0.1, -0.05) is 35.5 Å². The maximum Gasteiger partial charge on any atom is 0.229 e. The molecule has 0 bridgehead atoms. The lowest BCUT2D eigenvalue weighted by atomic mass is 10.2. The minimum absolute atomic E-state index is 0.0866. The fraction of sp³-hybridized carbons (Fsp3) is 0.0870. The van der Waals surface area contributed by atoms with Crippen LogP contribution in [0, 0.1) is 19.7 Å². The number of nitrogens with zero attached hydrogens (tertiary/aromatic N) is 4. The SMILES string of the molecule is Cc1ccc(C)c(S(=O)(=O)c2nnn3c2nc(Nc2cccc(F)c2)c2ccccc23)c1. The summed E-state index contributed by atoms with van der Waals surface area (Å²) in [5.74, 6) is -0.0250. The van der Waals surface area contributed by atoms with E-state index in [0.29, 0.717) is 28.0 Å². The maximum atomic E-state index is 13.7. The minimum Gasteiger partial charge on any atom is -0.340 e. The Kier molecular flexibility index (Phi) is 4.63. The first kappa shape index (κ1) is 20.1. The van der Waals surface area contributed by atoms with E-state index >= 15 is 0 Å². The first-order valence-electron chi connectivity index (χ1n) is 9.84. The number of aryl methyl sites for hydroxylation is 2. The topological polar surface area (TPSA) is 89.2 Å². The number of nitrogens with one attached hydrogen (secondary N) is 1. The summed E-state index contributed by atoms with van der Waals surface area (Å²) < 4.78 is 42.1. The van der Waals surface area contributed by atoms with Crippen molar-refractivity contribution in [1.29, 1.82) is 0 Å². The van der Waals surface area contributed by atoms with E-state index in [0.717, 1.165) is 5.56 Å². The third-order valence-electron chi connectivity index (χ3n) is 5.20. The summed E-state index contributed by atoms with van der Waals surface area (Å²) in [6.45, 7) is 3.56. The highest BCUT2D eigenvalue weighted by molar-refractivity contribution is 7.91. The molecule has 0 fully saturated rings. The summed E-state index contributed by atoms with van der Waals surface area (Å²) in [6, 6.07) is 18.4. The van der Waals surface area contributed by atoms with Crippen molar-refractivity contribution in [3.63, 3.8) is 0 Å². The van der Waals surface area contributed by atoms with Crippen molar-refractivity contribution in [2.24, 2.45) is 0 Å². The smallest absolute Gasteiger partial charge is 0.229 e. The highest BCUT2D eigenvalue weighted by Gasteiger charge is 2.28. The lowest BCUT2D eigenvalue weighted by Gasteiger charge is -2.11. The molecule has 0 unspecified atom stereocenters. The Morgan fingerprint density at radius 3 is 2.59 bits per heavy atom. The summed E-state index contributed by atoms with van der Waals surface area (Å²) in [4.78, 5) is 4.72. The number of sulfone groups is 1. The van der Waals surface area contributed by atoms with Gasteiger partial charge in [-0.05, 0) is 61.4 Å². The third kappa shape index (κ3) is 3.27. The molecule has 5 aromatic rings. The fourth-order valence-electron chi connectivity index (χ4n) is 3.62. The van der Waals surface area contributed by atoms with Crippen molar-refractivity contribution in [2.45, 2.75) is 23.8 Å². The Balaban J connectivity index is 1.76. The molecule has 5 rings (SSSR count). The Morgan fingerprint density at radius 1 is 0.969 bits per heavy atom. The Hall–Kier alpha value is -3.85. The van der Waals surface area contributed by atoms with Gasteiger partial charge in [-0.15, -0.1) is 5.10 Å². The molecule has 0 amide bonds. The van der Waals surface area contributed by atoms with E-state index in [1.165, 1.54) is 16.6 Å². The summed E-state index contributed by atoms with van der Waals surface area (Å²) >= 11 is 0. The molecule has 160 valence electrons. The maximum absolute atomic E-state index is 13.7. The van der Waals surface area contributed by atoms with Crippen molar-refractivity contribution in [3.8, 4) is 0 Å². The monoisotopic (exact) mass is 447 g/mol. The van der Waals surface area contributed by atoms with Gasteiger partial charge in [0.1, 0.15) is 11.6 Å². The second kappa shape index (κ2) is 7.38. The molecule has 2 heterocycles. The fourth-order valence-corrected chi connectivity index (χ4v) is 5.18. The van der Waals surface area contributed by atoms with Crippen molar-refractivity contribution in [2.75, 3.05) is 5.32 Å². The van der Waals surface area contributed by atoms with Crippen LogP contribution in [0.15, 0.2) is 76.7 Å². The number of hydrogen-bond donors (Lipinski definition) is 1. The van der Waals surface area contributed by atoms with Crippen molar-refractivity contribution >= 4 is 37.9 Å². The zero-order chi connectivity index (χ0) is 22.5. The third-order valence-corrected chi connectivity index (χ3v) is 6.99. The van der Waals surface area contributed by atoms with E-state index in [-0.39, 0.29) is 15.6 Å². The van der Waals surface area contributed by atoms with E-state index in [2.05, 4.69) is 20.6 Å². The summed E-state index contributed by atoms with van der Waals surface area (Å²) in [5.41, 5.74) is 2.61. The summed E-state index contributed by atoms with van der Waals surface area (Å²) in [6.07, 6.45) is 0. The normalized spacial score (nSPS) is 11.8. The lowest BCUT2D eigenvalue weighted by molar-refractivity contribution is 0.592. The lowest BCUT2D eigenvalue weighted by Crippen LogP contribution is -2.07. The molecular weight excluding hydrogens is 429 g/mol. The van der Waals surface area contributed by atoms with E-state index in [4.69, 9.17) is 0 Å².